The molecule has 1 aromatic rings. The molecule has 1 saturated heterocycles. The van der Waals surface area contributed by atoms with Crippen molar-refractivity contribution in [1.29, 1.82) is 0 Å². The van der Waals surface area contributed by atoms with E-state index in [2.05, 4.69) is 52.9 Å². The number of hydrogen-bond donors (Lipinski definition) is 1. The topological polar surface area (TPSA) is 29.3 Å². The van der Waals surface area contributed by atoms with Crippen LogP contribution in [0.2, 0.25) is 0 Å². The van der Waals surface area contributed by atoms with E-state index >= 15 is 0 Å². The van der Waals surface area contributed by atoms with Crippen LogP contribution in [0, 0.1) is 5.92 Å². The summed E-state index contributed by atoms with van der Waals surface area (Å²) in [6.45, 7) is 6.83. The van der Waals surface area contributed by atoms with Gasteiger partial charge >= 0.3 is 0 Å². The lowest BCUT2D eigenvalue weighted by molar-refractivity contribution is 0.643. The molecule has 1 aromatic carbocycles. The molecule has 2 atom stereocenters. The molecular formula is C15H23BrN2. The first-order valence-corrected chi connectivity index (χ1v) is 7.68. The molecule has 1 fully saturated rings. The van der Waals surface area contributed by atoms with Crippen LogP contribution in [0.1, 0.15) is 32.3 Å². The lowest BCUT2D eigenvalue weighted by Gasteiger charge is -2.23. The predicted octanol–water partition coefficient (Wildman–Crippen LogP) is 3.58. The monoisotopic (exact) mass is 310 g/mol. The molecule has 2 nitrogen and oxygen atoms in total. The third kappa shape index (κ3) is 3.27. The van der Waals surface area contributed by atoms with Crippen LogP contribution < -0.4 is 10.6 Å². The van der Waals surface area contributed by atoms with E-state index in [0.717, 1.165) is 23.2 Å². The molecule has 2 rings (SSSR count). The van der Waals surface area contributed by atoms with Gasteiger partial charge in [0, 0.05) is 29.3 Å². The molecule has 3 heteroatoms. The Hall–Kier alpha value is -0.540. The van der Waals surface area contributed by atoms with E-state index in [1.165, 1.54) is 30.8 Å². The number of nitrogens with zero attached hydrogens (tertiary/aromatic N) is 1. The quantitative estimate of drug-likeness (QED) is 0.921. The number of hydrogen-bond acceptors (Lipinski definition) is 2. The van der Waals surface area contributed by atoms with Gasteiger partial charge in [0.15, 0.2) is 0 Å². The van der Waals surface area contributed by atoms with Crippen LogP contribution in [0.25, 0.3) is 0 Å². The number of anilines is 1. The molecule has 0 aliphatic carbocycles. The Kier molecular flexibility index (Phi) is 4.68. The van der Waals surface area contributed by atoms with Crippen molar-refractivity contribution in [1.82, 2.24) is 0 Å². The fourth-order valence-corrected chi connectivity index (χ4v) is 2.93. The molecule has 1 heterocycles. The lowest BCUT2D eigenvalue weighted by atomic mass is 10.0. The van der Waals surface area contributed by atoms with Crippen LogP contribution in [0.5, 0.6) is 0 Å². The van der Waals surface area contributed by atoms with Crippen LogP contribution >= 0.6 is 15.9 Å². The second-order valence-electron chi connectivity index (χ2n) is 5.49. The summed E-state index contributed by atoms with van der Waals surface area (Å²) in [5.74, 6) is 0.802. The fraction of sp³-hybridized carbons (Fsp3) is 0.600. The summed E-state index contributed by atoms with van der Waals surface area (Å²) in [4.78, 5) is 2.51. The molecule has 2 N–H and O–H groups in total. The highest BCUT2D eigenvalue weighted by Gasteiger charge is 2.21. The molecule has 18 heavy (non-hydrogen) atoms. The van der Waals surface area contributed by atoms with Gasteiger partial charge in [-0.2, -0.15) is 0 Å². The lowest BCUT2D eigenvalue weighted by Crippen LogP contribution is -2.25. The first-order valence-electron chi connectivity index (χ1n) is 6.89. The normalized spacial score (nSPS) is 21.3. The van der Waals surface area contributed by atoms with E-state index in [-0.39, 0.29) is 6.04 Å². The molecule has 1 aliphatic heterocycles. The van der Waals surface area contributed by atoms with Crippen molar-refractivity contribution >= 4 is 21.6 Å². The van der Waals surface area contributed by atoms with Crippen molar-refractivity contribution in [2.45, 2.75) is 39.2 Å². The maximum atomic E-state index is 6.11. The van der Waals surface area contributed by atoms with Crippen molar-refractivity contribution in [3.8, 4) is 0 Å². The van der Waals surface area contributed by atoms with E-state index in [1.54, 1.807) is 0 Å². The summed E-state index contributed by atoms with van der Waals surface area (Å²) in [6, 6.07) is 6.86. The molecule has 1 aliphatic rings. The van der Waals surface area contributed by atoms with Crippen LogP contribution in [-0.4, -0.2) is 19.1 Å². The predicted molar refractivity (Wildman–Crippen MR) is 82.1 cm³/mol. The maximum Gasteiger partial charge on any atom is 0.0410 e. The highest BCUT2D eigenvalue weighted by atomic mass is 79.9. The van der Waals surface area contributed by atoms with Gasteiger partial charge in [0.05, 0.1) is 0 Å². The van der Waals surface area contributed by atoms with Gasteiger partial charge in [-0.1, -0.05) is 35.8 Å². The van der Waals surface area contributed by atoms with E-state index < -0.39 is 0 Å². The standard InChI is InChI=1S/C15H23BrN2/c1-3-14(17)8-12-4-5-13(16)9-15(12)18-7-6-11(2)10-18/h4-5,9,11,14H,3,6-8,10,17H2,1-2H3. The van der Waals surface area contributed by atoms with Gasteiger partial charge in [-0.25, -0.2) is 0 Å². The molecule has 0 spiro atoms. The second-order valence-corrected chi connectivity index (χ2v) is 6.40. The number of halogens is 1. The van der Waals surface area contributed by atoms with E-state index in [4.69, 9.17) is 5.73 Å². The van der Waals surface area contributed by atoms with Crippen LogP contribution in [-0.2, 0) is 6.42 Å². The van der Waals surface area contributed by atoms with Crippen molar-refractivity contribution in [2.75, 3.05) is 18.0 Å². The average molecular weight is 311 g/mol. The fourth-order valence-electron chi connectivity index (χ4n) is 2.58. The van der Waals surface area contributed by atoms with Crippen molar-refractivity contribution in [2.24, 2.45) is 11.7 Å². The van der Waals surface area contributed by atoms with Gasteiger partial charge in [0.1, 0.15) is 0 Å². The first kappa shape index (κ1) is 13.9. The van der Waals surface area contributed by atoms with Crippen molar-refractivity contribution in [3.63, 3.8) is 0 Å². The zero-order valence-corrected chi connectivity index (χ0v) is 12.9. The minimum absolute atomic E-state index is 0.268. The van der Waals surface area contributed by atoms with Gasteiger partial charge in [0.2, 0.25) is 0 Å². The molecule has 2 unspecified atom stereocenters. The zero-order valence-electron chi connectivity index (χ0n) is 11.3. The molecule has 0 aromatic heterocycles. The average Bonchev–Trinajstić information content (AvgIpc) is 2.78. The summed E-state index contributed by atoms with van der Waals surface area (Å²) in [5.41, 5.74) is 8.87. The Morgan fingerprint density at radius 2 is 2.28 bits per heavy atom. The summed E-state index contributed by atoms with van der Waals surface area (Å²) >= 11 is 3.58. The SMILES string of the molecule is CCC(N)Cc1ccc(Br)cc1N1CCC(C)C1. The van der Waals surface area contributed by atoms with E-state index in [1.807, 2.05) is 0 Å². The van der Waals surface area contributed by atoms with Gasteiger partial charge in [-0.3, -0.25) is 0 Å². The van der Waals surface area contributed by atoms with Crippen LogP contribution in [0.4, 0.5) is 5.69 Å². The largest absolute Gasteiger partial charge is 0.371 e. The van der Waals surface area contributed by atoms with Gasteiger partial charge in [-0.15, -0.1) is 0 Å². The highest BCUT2D eigenvalue weighted by molar-refractivity contribution is 9.10. The van der Waals surface area contributed by atoms with Crippen molar-refractivity contribution in [3.05, 3.63) is 28.2 Å². The minimum Gasteiger partial charge on any atom is -0.371 e. The second kappa shape index (κ2) is 6.07. The highest BCUT2D eigenvalue weighted by Crippen LogP contribution is 2.30. The molecule has 0 saturated carbocycles. The molecule has 0 bridgehead atoms. The Morgan fingerprint density at radius 1 is 1.50 bits per heavy atom. The third-order valence-corrected chi connectivity index (χ3v) is 4.31. The van der Waals surface area contributed by atoms with Gasteiger partial charge in [-0.05, 0) is 42.9 Å². The number of benzene rings is 1. The van der Waals surface area contributed by atoms with E-state index in [9.17, 15) is 0 Å². The maximum absolute atomic E-state index is 6.11. The zero-order chi connectivity index (χ0) is 13.1. The smallest absolute Gasteiger partial charge is 0.0410 e. The van der Waals surface area contributed by atoms with Crippen molar-refractivity contribution < 1.29 is 0 Å². The summed E-state index contributed by atoms with van der Waals surface area (Å²) in [7, 11) is 0. The Labute approximate surface area is 119 Å². The summed E-state index contributed by atoms with van der Waals surface area (Å²) in [5, 5.41) is 0. The Bertz CT molecular complexity index is 405. The number of nitrogens with two attached hydrogens (primary N) is 1. The summed E-state index contributed by atoms with van der Waals surface area (Å²) < 4.78 is 1.16. The molecular weight excluding hydrogens is 288 g/mol. The Balaban J connectivity index is 2.23. The van der Waals surface area contributed by atoms with Crippen LogP contribution in [0.3, 0.4) is 0 Å². The molecule has 100 valence electrons. The molecule has 0 radical (unpaired) electrons. The third-order valence-electron chi connectivity index (χ3n) is 3.82. The minimum atomic E-state index is 0.268. The van der Waals surface area contributed by atoms with Crippen LogP contribution in [0.15, 0.2) is 22.7 Å². The van der Waals surface area contributed by atoms with E-state index in [0.29, 0.717) is 0 Å². The van der Waals surface area contributed by atoms with Gasteiger partial charge in [0.25, 0.3) is 0 Å². The Morgan fingerprint density at radius 3 is 2.89 bits per heavy atom. The number of rotatable bonds is 4. The van der Waals surface area contributed by atoms with Gasteiger partial charge < -0.3 is 10.6 Å². The summed E-state index contributed by atoms with van der Waals surface area (Å²) in [6.07, 6.45) is 3.31. The first-order chi connectivity index (χ1) is 8.60. The molecule has 0 amide bonds.